The average molecular weight is 203 g/mol. The molecule has 1 aromatic heterocycles. The van der Waals surface area contributed by atoms with Crippen molar-refractivity contribution in [2.75, 3.05) is 0 Å². The number of aryl methyl sites for hydroxylation is 1. The minimum absolute atomic E-state index is 0.00287. The summed E-state index contributed by atoms with van der Waals surface area (Å²) in [5, 5.41) is 0. The predicted octanol–water partition coefficient (Wildman–Crippen LogP) is 3.32. The van der Waals surface area contributed by atoms with Crippen LogP contribution >= 0.6 is 0 Å². The van der Waals surface area contributed by atoms with Crippen LogP contribution in [0, 0.1) is 12.7 Å². The number of aromatic nitrogens is 1. The van der Waals surface area contributed by atoms with E-state index in [-0.39, 0.29) is 5.88 Å². The van der Waals surface area contributed by atoms with Gasteiger partial charge in [0.1, 0.15) is 5.75 Å². The highest BCUT2D eigenvalue weighted by atomic mass is 19.1. The van der Waals surface area contributed by atoms with Crippen molar-refractivity contribution in [1.29, 1.82) is 0 Å². The van der Waals surface area contributed by atoms with Gasteiger partial charge in [0.15, 0.2) is 5.82 Å². The molecule has 0 aliphatic heterocycles. The van der Waals surface area contributed by atoms with Crippen LogP contribution in [-0.4, -0.2) is 4.98 Å². The van der Waals surface area contributed by atoms with Crippen molar-refractivity contribution >= 4 is 0 Å². The fourth-order valence-electron chi connectivity index (χ4n) is 1.24. The monoisotopic (exact) mass is 203 g/mol. The van der Waals surface area contributed by atoms with Crippen LogP contribution in [0.2, 0.25) is 0 Å². The van der Waals surface area contributed by atoms with Gasteiger partial charge in [-0.1, -0.05) is 12.1 Å². The summed E-state index contributed by atoms with van der Waals surface area (Å²) in [5.74, 6) is 0.134. The second-order valence-electron chi connectivity index (χ2n) is 3.21. The van der Waals surface area contributed by atoms with Crippen LogP contribution in [-0.2, 0) is 0 Å². The molecular formula is C12H10FNO. The summed E-state index contributed by atoms with van der Waals surface area (Å²) in [4.78, 5) is 3.81. The number of benzene rings is 1. The molecule has 0 fully saturated rings. The van der Waals surface area contributed by atoms with Gasteiger partial charge in [-0.3, -0.25) is 0 Å². The van der Waals surface area contributed by atoms with Crippen molar-refractivity contribution in [3.05, 3.63) is 54.0 Å². The Labute approximate surface area is 87.4 Å². The Hall–Kier alpha value is -1.90. The summed E-state index contributed by atoms with van der Waals surface area (Å²) in [5.41, 5.74) is 1.06. The average Bonchev–Trinajstić information content (AvgIpc) is 2.22. The van der Waals surface area contributed by atoms with Gasteiger partial charge >= 0.3 is 0 Å². The fourth-order valence-corrected chi connectivity index (χ4v) is 1.24. The van der Waals surface area contributed by atoms with E-state index < -0.39 is 5.82 Å². The van der Waals surface area contributed by atoms with Gasteiger partial charge in [0, 0.05) is 6.20 Å². The summed E-state index contributed by atoms with van der Waals surface area (Å²) >= 11 is 0. The zero-order valence-electron chi connectivity index (χ0n) is 8.27. The minimum atomic E-state index is -0.459. The maximum atomic E-state index is 13.2. The first-order valence-electron chi connectivity index (χ1n) is 4.61. The number of pyridine rings is 1. The summed E-state index contributed by atoms with van der Waals surface area (Å²) in [6.07, 6.45) is 1.49. The second kappa shape index (κ2) is 4.09. The van der Waals surface area contributed by atoms with Crippen LogP contribution in [0.5, 0.6) is 11.6 Å². The highest BCUT2D eigenvalue weighted by Gasteiger charge is 2.04. The number of halogens is 1. The van der Waals surface area contributed by atoms with Gasteiger partial charge in [-0.2, -0.15) is 0 Å². The summed E-state index contributed by atoms with van der Waals surface area (Å²) < 4.78 is 18.5. The number of rotatable bonds is 2. The molecule has 0 saturated heterocycles. The van der Waals surface area contributed by atoms with Crippen molar-refractivity contribution in [2.24, 2.45) is 0 Å². The lowest BCUT2D eigenvalue weighted by Gasteiger charge is -2.05. The van der Waals surface area contributed by atoms with E-state index >= 15 is 0 Å². The molecule has 15 heavy (non-hydrogen) atoms. The predicted molar refractivity (Wildman–Crippen MR) is 55.4 cm³/mol. The third-order valence-corrected chi connectivity index (χ3v) is 1.93. The van der Waals surface area contributed by atoms with Crippen LogP contribution in [0.1, 0.15) is 5.56 Å². The molecule has 0 aliphatic carbocycles. The van der Waals surface area contributed by atoms with Crippen molar-refractivity contribution in [3.63, 3.8) is 0 Å². The van der Waals surface area contributed by atoms with Crippen LogP contribution in [0.25, 0.3) is 0 Å². The zero-order valence-corrected chi connectivity index (χ0v) is 8.27. The van der Waals surface area contributed by atoms with Gasteiger partial charge in [0.2, 0.25) is 0 Å². The fraction of sp³-hybridized carbons (Fsp3) is 0.0833. The number of nitrogens with zero attached hydrogens (tertiary/aromatic N) is 1. The van der Waals surface area contributed by atoms with E-state index in [0.717, 1.165) is 5.56 Å². The van der Waals surface area contributed by atoms with E-state index in [1.165, 1.54) is 18.3 Å². The summed E-state index contributed by atoms with van der Waals surface area (Å²) in [6, 6.07) is 10.2. The van der Waals surface area contributed by atoms with E-state index in [2.05, 4.69) is 4.98 Å². The Balaban J connectivity index is 2.26. The lowest BCUT2D eigenvalue weighted by atomic mass is 10.2. The molecule has 1 aromatic carbocycles. The quantitative estimate of drug-likeness (QED) is 0.746. The molecule has 0 amide bonds. The standard InChI is InChI=1S/C12H10FNO/c1-9-4-2-5-10(8-9)15-12-11(13)6-3-7-14-12/h2-8H,1H3. The maximum absolute atomic E-state index is 13.2. The number of hydrogen-bond donors (Lipinski definition) is 0. The number of hydrogen-bond acceptors (Lipinski definition) is 2. The van der Waals surface area contributed by atoms with E-state index in [1.54, 1.807) is 6.07 Å². The Kier molecular flexibility index (Phi) is 2.63. The topological polar surface area (TPSA) is 22.1 Å². The van der Waals surface area contributed by atoms with E-state index in [1.807, 2.05) is 25.1 Å². The molecular weight excluding hydrogens is 193 g/mol. The third-order valence-electron chi connectivity index (χ3n) is 1.93. The zero-order chi connectivity index (χ0) is 10.7. The first kappa shape index (κ1) is 9.65. The van der Waals surface area contributed by atoms with Gasteiger partial charge < -0.3 is 4.74 Å². The number of ether oxygens (including phenoxy) is 1. The Bertz CT molecular complexity index is 471. The van der Waals surface area contributed by atoms with E-state index in [0.29, 0.717) is 5.75 Å². The molecule has 0 N–H and O–H groups in total. The Morgan fingerprint density at radius 3 is 2.80 bits per heavy atom. The summed E-state index contributed by atoms with van der Waals surface area (Å²) in [6.45, 7) is 1.95. The highest BCUT2D eigenvalue weighted by molar-refractivity contribution is 5.31. The molecule has 3 heteroatoms. The van der Waals surface area contributed by atoms with Crippen molar-refractivity contribution in [3.8, 4) is 11.6 Å². The van der Waals surface area contributed by atoms with Gasteiger partial charge in [-0.15, -0.1) is 0 Å². The normalized spacial score (nSPS) is 10.0. The van der Waals surface area contributed by atoms with Gasteiger partial charge in [-0.05, 0) is 36.8 Å². The molecule has 0 atom stereocenters. The first-order chi connectivity index (χ1) is 7.25. The molecule has 0 unspecified atom stereocenters. The smallest absolute Gasteiger partial charge is 0.255 e. The molecule has 0 spiro atoms. The molecule has 0 bridgehead atoms. The van der Waals surface area contributed by atoms with Crippen molar-refractivity contribution < 1.29 is 9.13 Å². The van der Waals surface area contributed by atoms with Crippen LogP contribution in [0.3, 0.4) is 0 Å². The molecule has 0 radical (unpaired) electrons. The molecule has 1 heterocycles. The lowest BCUT2D eigenvalue weighted by molar-refractivity contribution is 0.422. The van der Waals surface area contributed by atoms with Gasteiger partial charge in [-0.25, -0.2) is 9.37 Å². The second-order valence-corrected chi connectivity index (χ2v) is 3.21. The van der Waals surface area contributed by atoms with Crippen LogP contribution < -0.4 is 4.74 Å². The maximum Gasteiger partial charge on any atom is 0.255 e. The van der Waals surface area contributed by atoms with Crippen LogP contribution in [0.15, 0.2) is 42.6 Å². The third kappa shape index (κ3) is 2.31. The first-order valence-corrected chi connectivity index (χ1v) is 4.61. The minimum Gasteiger partial charge on any atom is -0.436 e. The SMILES string of the molecule is Cc1cccc(Oc2ncccc2F)c1. The molecule has 0 saturated carbocycles. The molecule has 2 rings (SSSR count). The van der Waals surface area contributed by atoms with E-state index in [4.69, 9.17) is 4.74 Å². The summed E-state index contributed by atoms with van der Waals surface area (Å²) in [7, 11) is 0. The molecule has 2 nitrogen and oxygen atoms in total. The molecule has 2 aromatic rings. The van der Waals surface area contributed by atoms with Crippen LogP contribution in [0.4, 0.5) is 4.39 Å². The van der Waals surface area contributed by atoms with Crippen molar-refractivity contribution in [1.82, 2.24) is 4.98 Å². The molecule has 76 valence electrons. The van der Waals surface area contributed by atoms with Crippen molar-refractivity contribution in [2.45, 2.75) is 6.92 Å². The Morgan fingerprint density at radius 1 is 1.20 bits per heavy atom. The molecule has 0 aliphatic rings. The lowest BCUT2D eigenvalue weighted by Crippen LogP contribution is -1.91. The van der Waals surface area contributed by atoms with Gasteiger partial charge in [0.25, 0.3) is 5.88 Å². The Morgan fingerprint density at radius 2 is 2.07 bits per heavy atom. The largest absolute Gasteiger partial charge is 0.436 e. The van der Waals surface area contributed by atoms with E-state index in [9.17, 15) is 4.39 Å². The highest BCUT2D eigenvalue weighted by Crippen LogP contribution is 2.21. The van der Waals surface area contributed by atoms with Gasteiger partial charge in [0.05, 0.1) is 0 Å².